The van der Waals surface area contributed by atoms with Crippen LogP contribution in [0.5, 0.6) is 0 Å². The summed E-state index contributed by atoms with van der Waals surface area (Å²) in [4.78, 5) is 31.4. The number of likely N-dealkylation sites (N-methyl/N-ethyl adjacent to an activating group) is 1. The standard InChI is InChI=1S/C14H19N3O2/c1-9(2)7-11-13(18)17(14(19)16(11)4)12-8-10(3)5-6-15-12/h5-6,8-9,11H,7H2,1-4H3/t11-/m0/s1. The fraction of sp³-hybridized carbons (Fsp3) is 0.500. The lowest BCUT2D eigenvalue weighted by Crippen LogP contribution is -2.32. The van der Waals surface area contributed by atoms with Gasteiger partial charge in [0.1, 0.15) is 11.9 Å². The maximum absolute atomic E-state index is 12.4. The summed E-state index contributed by atoms with van der Waals surface area (Å²) in [6, 6.07) is 2.91. The predicted octanol–water partition coefficient (Wildman–Crippen LogP) is 2.20. The third-order valence-corrected chi connectivity index (χ3v) is 3.29. The molecule has 0 saturated carbocycles. The lowest BCUT2D eigenvalue weighted by atomic mass is 10.0. The lowest BCUT2D eigenvalue weighted by Gasteiger charge is -2.17. The van der Waals surface area contributed by atoms with Gasteiger partial charge >= 0.3 is 6.03 Å². The summed E-state index contributed by atoms with van der Waals surface area (Å²) >= 11 is 0. The fourth-order valence-electron chi connectivity index (χ4n) is 2.26. The molecule has 5 heteroatoms. The van der Waals surface area contributed by atoms with Gasteiger partial charge in [-0.2, -0.15) is 0 Å². The van der Waals surface area contributed by atoms with Crippen molar-refractivity contribution in [3.05, 3.63) is 23.9 Å². The monoisotopic (exact) mass is 261 g/mol. The van der Waals surface area contributed by atoms with Gasteiger partial charge in [0.15, 0.2) is 0 Å². The Bertz CT molecular complexity index is 513. The average molecular weight is 261 g/mol. The molecule has 0 unspecified atom stereocenters. The highest BCUT2D eigenvalue weighted by molar-refractivity contribution is 6.20. The van der Waals surface area contributed by atoms with Crippen LogP contribution in [0.25, 0.3) is 0 Å². The molecule has 0 aromatic carbocycles. The molecule has 5 nitrogen and oxygen atoms in total. The molecule has 1 atom stereocenters. The molecule has 1 fully saturated rings. The summed E-state index contributed by atoms with van der Waals surface area (Å²) in [5, 5.41) is 0. The Kier molecular flexibility index (Phi) is 3.55. The van der Waals surface area contributed by atoms with E-state index in [9.17, 15) is 9.59 Å². The van der Waals surface area contributed by atoms with Crippen LogP contribution in [0, 0.1) is 12.8 Å². The molecule has 1 aromatic rings. The number of aromatic nitrogens is 1. The largest absolute Gasteiger partial charge is 0.333 e. The number of anilines is 1. The van der Waals surface area contributed by atoms with E-state index in [0.717, 1.165) is 5.56 Å². The van der Waals surface area contributed by atoms with Crippen molar-refractivity contribution in [3.63, 3.8) is 0 Å². The van der Waals surface area contributed by atoms with Gasteiger partial charge in [-0.25, -0.2) is 14.7 Å². The van der Waals surface area contributed by atoms with E-state index < -0.39 is 0 Å². The first-order chi connectivity index (χ1) is 8.91. The first kappa shape index (κ1) is 13.5. The first-order valence-corrected chi connectivity index (χ1v) is 6.45. The van der Waals surface area contributed by atoms with E-state index in [1.165, 1.54) is 9.80 Å². The number of pyridine rings is 1. The maximum atomic E-state index is 12.4. The molecule has 1 aliphatic rings. The van der Waals surface area contributed by atoms with Crippen molar-refractivity contribution in [1.82, 2.24) is 9.88 Å². The molecule has 1 aromatic heterocycles. The Hall–Kier alpha value is -1.91. The van der Waals surface area contributed by atoms with Crippen LogP contribution >= 0.6 is 0 Å². The van der Waals surface area contributed by atoms with E-state index in [1.54, 1.807) is 19.3 Å². The van der Waals surface area contributed by atoms with E-state index in [4.69, 9.17) is 0 Å². The van der Waals surface area contributed by atoms with Crippen LogP contribution in [0.4, 0.5) is 10.6 Å². The molecule has 1 aliphatic heterocycles. The van der Waals surface area contributed by atoms with Gasteiger partial charge in [0, 0.05) is 13.2 Å². The van der Waals surface area contributed by atoms with Gasteiger partial charge in [0.25, 0.3) is 5.91 Å². The van der Waals surface area contributed by atoms with Gasteiger partial charge in [-0.05, 0) is 37.0 Å². The fourth-order valence-corrected chi connectivity index (χ4v) is 2.26. The molecule has 0 bridgehead atoms. The van der Waals surface area contributed by atoms with Crippen molar-refractivity contribution in [2.24, 2.45) is 5.92 Å². The van der Waals surface area contributed by atoms with Crippen molar-refractivity contribution < 1.29 is 9.59 Å². The summed E-state index contributed by atoms with van der Waals surface area (Å²) in [7, 11) is 1.67. The van der Waals surface area contributed by atoms with Crippen molar-refractivity contribution in [2.75, 3.05) is 11.9 Å². The summed E-state index contributed by atoms with van der Waals surface area (Å²) in [6.45, 7) is 5.99. The Balaban J connectivity index is 2.32. The van der Waals surface area contributed by atoms with Crippen LogP contribution in [0.3, 0.4) is 0 Å². The SMILES string of the molecule is Cc1ccnc(N2C(=O)[C@H](CC(C)C)N(C)C2=O)c1. The Morgan fingerprint density at radius 2 is 2.05 bits per heavy atom. The molecule has 0 aliphatic carbocycles. The van der Waals surface area contributed by atoms with Gasteiger partial charge in [-0.3, -0.25) is 4.79 Å². The van der Waals surface area contributed by atoms with Crippen LogP contribution in [0.15, 0.2) is 18.3 Å². The molecule has 1 saturated heterocycles. The van der Waals surface area contributed by atoms with E-state index in [0.29, 0.717) is 18.2 Å². The second-order valence-electron chi connectivity index (χ2n) is 5.40. The molecule has 0 spiro atoms. The van der Waals surface area contributed by atoms with Crippen LogP contribution < -0.4 is 4.90 Å². The molecular weight excluding hydrogens is 242 g/mol. The van der Waals surface area contributed by atoms with Crippen LogP contribution in [-0.2, 0) is 4.79 Å². The third-order valence-electron chi connectivity index (χ3n) is 3.29. The molecule has 3 amide bonds. The van der Waals surface area contributed by atoms with Gasteiger partial charge < -0.3 is 4.90 Å². The molecule has 0 N–H and O–H groups in total. The van der Waals surface area contributed by atoms with Crippen LogP contribution in [0.2, 0.25) is 0 Å². The summed E-state index contributed by atoms with van der Waals surface area (Å²) in [6.07, 6.45) is 2.28. The zero-order valence-corrected chi connectivity index (χ0v) is 11.8. The van der Waals surface area contributed by atoms with E-state index in [-0.39, 0.29) is 18.0 Å². The molecule has 0 radical (unpaired) electrons. The Morgan fingerprint density at radius 1 is 1.37 bits per heavy atom. The maximum Gasteiger partial charge on any atom is 0.333 e. The number of amides is 3. The number of hydrogen-bond acceptors (Lipinski definition) is 3. The third kappa shape index (κ3) is 2.45. The normalized spacial score (nSPS) is 19.7. The second kappa shape index (κ2) is 4.99. The Labute approximate surface area is 113 Å². The van der Waals surface area contributed by atoms with E-state index >= 15 is 0 Å². The highest BCUT2D eigenvalue weighted by Crippen LogP contribution is 2.26. The van der Waals surface area contributed by atoms with Crippen molar-refractivity contribution in [1.29, 1.82) is 0 Å². The number of imide groups is 1. The van der Waals surface area contributed by atoms with Gasteiger partial charge in [0.05, 0.1) is 0 Å². The Morgan fingerprint density at radius 3 is 2.63 bits per heavy atom. The highest BCUT2D eigenvalue weighted by atomic mass is 16.2. The second-order valence-corrected chi connectivity index (χ2v) is 5.40. The molecule has 2 rings (SSSR count). The average Bonchev–Trinajstić information content (AvgIpc) is 2.53. The molecule has 2 heterocycles. The minimum atomic E-state index is -0.380. The minimum absolute atomic E-state index is 0.181. The van der Waals surface area contributed by atoms with Gasteiger partial charge in [-0.15, -0.1) is 0 Å². The number of urea groups is 1. The number of aryl methyl sites for hydroxylation is 1. The minimum Gasteiger partial charge on any atom is -0.315 e. The van der Waals surface area contributed by atoms with Crippen LogP contribution in [-0.4, -0.2) is 34.9 Å². The van der Waals surface area contributed by atoms with Crippen molar-refractivity contribution >= 4 is 17.8 Å². The lowest BCUT2D eigenvalue weighted by molar-refractivity contribution is -0.119. The van der Waals surface area contributed by atoms with Crippen molar-refractivity contribution in [2.45, 2.75) is 33.2 Å². The topological polar surface area (TPSA) is 53.5 Å². The zero-order valence-electron chi connectivity index (χ0n) is 11.8. The molecular formula is C14H19N3O2. The molecule has 102 valence electrons. The number of nitrogens with zero attached hydrogens (tertiary/aromatic N) is 3. The number of carbonyl (C=O) groups excluding carboxylic acids is 2. The first-order valence-electron chi connectivity index (χ1n) is 6.45. The quantitative estimate of drug-likeness (QED) is 0.784. The van der Waals surface area contributed by atoms with Crippen LogP contribution in [0.1, 0.15) is 25.8 Å². The highest BCUT2D eigenvalue weighted by Gasteiger charge is 2.44. The van der Waals surface area contributed by atoms with E-state index in [2.05, 4.69) is 4.98 Å². The zero-order chi connectivity index (χ0) is 14.2. The molecule has 19 heavy (non-hydrogen) atoms. The summed E-state index contributed by atoms with van der Waals surface area (Å²) in [5.74, 6) is 0.585. The van der Waals surface area contributed by atoms with Gasteiger partial charge in [0.2, 0.25) is 0 Å². The van der Waals surface area contributed by atoms with Gasteiger partial charge in [-0.1, -0.05) is 13.8 Å². The van der Waals surface area contributed by atoms with E-state index in [1.807, 2.05) is 26.8 Å². The number of hydrogen-bond donors (Lipinski definition) is 0. The summed E-state index contributed by atoms with van der Waals surface area (Å²) < 4.78 is 0. The number of rotatable bonds is 3. The smallest absolute Gasteiger partial charge is 0.315 e. The summed E-state index contributed by atoms with van der Waals surface area (Å²) in [5.41, 5.74) is 0.973. The predicted molar refractivity (Wildman–Crippen MR) is 72.9 cm³/mol. The number of carbonyl (C=O) groups is 2. The van der Waals surface area contributed by atoms with Crippen molar-refractivity contribution in [3.8, 4) is 0 Å².